The van der Waals surface area contributed by atoms with E-state index in [-0.39, 0.29) is 17.3 Å². The van der Waals surface area contributed by atoms with Gasteiger partial charge in [0.1, 0.15) is 11.4 Å². The van der Waals surface area contributed by atoms with E-state index in [9.17, 15) is 9.59 Å². The number of carboxylic acids is 1. The molecule has 1 aliphatic rings. The van der Waals surface area contributed by atoms with E-state index in [1.165, 1.54) is 6.07 Å². The van der Waals surface area contributed by atoms with Gasteiger partial charge < -0.3 is 10.0 Å². The SMILES string of the molecule is CCC(C)N1CCN(C(=O)c2cccc(C(=O)O)n2)CC1. The van der Waals surface area contributed by atoms with Crippen LogP contribution in [0.1, 0.15) is 41.2 Å². The Bertz CT molecular complexity index is 525. The van der Waals surface area contributed by atoms with E-state index in [1.54, 1.807) is 17.0 Å². The molecule has 1 fully saturated rings. The highest BCUT2D eigenvalue weighted by Crippen LogP contribution is 2.11. The number of rotatable bonds is 4. The van der Waals surface area contributed by atoms with Gasteiger partial charge in [-0.1, -0.05) is 13.0 Å². The summed E-state index contributed by atoms with van der Waals surface area (Å²) in [6, 6.07) is 5.03. The van der Waals surface area contributed by atoms with E-state index < -0.39 is 5.97 Å². The predicted octanol–water partition coefficient (Wildman–Crippen LogP) is 1.34. The molecule has 0 spiro atoms. The second kappa shape index (κ2) is 6.67. The summed E-state index contributed by atoms with van der Waals surface area (Å²) in [5.74, 6) is -1.31. The molecule has 1 aliphatic heterocycles. The molecule has 114 valence electrons. The number of aromatic carboxylic acids is 1. The van der Waals surface area contributed by atoms with Gasteiger partial charge >= 0.3 is 5.97 Å². The van der Waals surface area contributed by atoms with Crippen LogP contribution in [0.3, 0.4) is 0 Å². The summed E-state index contributed by atoms with van der Waals surface area (Å²) in [6.07, 6.45) is 1.09. The maximum atomic E-state index is 12.4. The van der Waals surface area contributed by atoms with Crippen LogP contribution < -0.4 is 0 Å². The first-order valence-electron chi connectivity index (χ1n) is 7.26. The molecule has 21 heavy (non-hydrogen) atoms. The van der Waals surface area contributed by atoms with Crippen molar-refractivity contribution in [2.45, 2.75) is 26.3 Å². The minimum Gasteiger partial charge on any atom is -0.477 e. The highest BCUT2D eigenvalue weighted by Gasteiger charge is 2.25. The normalized spacial score (nSPS) is 17.5. The Morgan fingerprint density at radius 3 is 2.43 bits per heavy atom. The zero-order valence-electron chi connectivity index (χ0n) is 12.5. The Morgan fingerprint density at radius 2 is 1.86 bits per heavy atom. The molecule has 6 nitrogen and oxygen atoms in total. The lowest BCUT2D eigenvalue weighted by Crippen LogP contribution is -2.51. The van der Waals surface area contributed by atoms with Crippen LogP contribution in [0.5, 0.6) is 0 Å². The lowest BCUT2D eigenvalue weighted by atomic mass is 10.2. The van der Waals surface area contributed by atoms with Gasteiger partial charge in [0.05, 0.1) is 0 Å². The average Bonchev–Trinajstić information content (AvgIpc) is 2.53. The molecule has 1 aromatic heterocycles. The van der Waals surface area contributed by atoms with Crippen LogP contribution in [-0.4, -0.2) is 64.0 Å². The first-order valence-corrected chi connectivity index (χ1v) is 7.26. The van der Waals surface area contributed by atoms with E-state index in [0.717, 1.165) is 19.5 Å². The number of aromatic nitrogens is 1. The Kier molecular flexibility index (Phi) is 4.90. The second-order valence-electron chi connectivity index (χ2n) is 5.30. The fourth-order valence-electron chi connectivity index (χ4n) is 2.46. The maximum Gasteiger partial charge on any atom is 0.354 e. The Morgan fingerprint density at radius 1 is 1.24 bits per heavy atom. The smallest absolute Gasteiger partial charge is 0.354 e. The van der Waals surface area contributed by atoms with Crippen LogP contribution >= 0.6 is 0 Å². The fraction of sp³-hybridized carbons (Fsp3) is 0.533. The zero-order valence-corrected chi connectivity index (χ0v) is 12.5. The molecule has 1 atom stereocenters. The van der Waals surface area contributed by atoms with Crippen LogP contribution in [-0.2, 0) is 0 Å². The van der Waals surface area contributed by atoms with Crippen molar-refractivity contribution in [1.29, 1.82) is 0 Å². The molecule has 0 radical (unpaired) electrons. The lowest BCUT2D eigenvalue weighted by Gasteiger charge is -2.37. The molecule has 1 aromatic rings. The van der Waals surface area contributed by atoms with Crippen LogP contribution in [0.2, 0.25) is 0 Å². The molecule has 2 rings (SSSR count). The number of nitrogens with zero attached hydrogens (tertiary/aromatic N) is 3. The van der Waals surface area contributed by atoms with Gasteiger partial charge in [-0.05, 0) is 25.5 Å². The van der Waals surface area contributed by atoms with E-state index in [0.29, 0.717) is 19.1 Å². The Labute approximate surface area is 124 Å². The van der Waals surface area contributed by atoms with Gasteiger partial charge in [0.2, 0.25) is 0 Å². The van der Waals surface area contributed by atoms with Crippen LogP contribution in [0.25, 0.3) is 0 Å². The number of pyridine rings is 1. The van der Waals surface area contributed by atoms with Crippen molar-refractivity contribution in [3.63, 3.8) is 0 Å². The molecule has 0 aliphatic carbocycles. The number of carboxylic acid groups (broad SMARTS) is 1. The first-order chi connectivity index (χ1) is 10.0. The molecule has 0 aromatic carbocycles. The summed E-state index contributed by atoms with van der Waals surface area (Å²) < 4.78 is 0. The molecular formula is C15H21N3O3. The van der Waals surface area contributed by atoms with Crippen molar-refractivity contribution in [3.8, 4) is 0 Å². The average molecular weight is 291 g/mol. The maximum absolute atomic E-state index is 12.4. The number of carbonyl (C=O) groups is 2. The zero-order chi connectivity index (χ0) is 15.4. The summed E-state index contributed by atoms with van der Waals surface area (Å²) in [7, 11) is 0. The van der Waals surface area contributed by atoms with Crippen LogP contribution in [0.15, 0.2) is 18.2 Å². The van der Waals surface area contributed by atoms with Crippen molar-refractivity contribution in [2.75, 3.05) is 26.2 Å². The standard InChI is InChI=1S/C15H21N3O3/c1-3-11(2)17-7-9-18(10-8-17)14(19)12-5-4-6-13(16-12)15(20)21/h4-6,11H,3,7-10H2,1-2H3,(H,20,21). The van der Waals surface area contributed by atoms with Gasteiger partial charge in [0.15, 0.2) is 0 Å². The molecule has 1 unspecified atom stereocenters. The minimum absolute atomic E-state index is 0.0981. The van der Waals surface area contributed by atoms with Gasteiger partial charge in [-0.25, -0.2) is 9.78 Å². The van der Waals surface area contributed by atoms with Gasteiger partial charge in [-0.3, -0.25) is 9.69 Å². The molecule has 0 bridgehead atoms. The van der Waals surface area contributed by atoms with Gasteiger partial charge in [0.25, 0.3) is 5.91 Å². The van der Waals surface area contributed by atoms with Crippen molar-refractivity contribution in [3.05, 3.63) is 29.6 Å². The van der Waals surface area contributed by atoms with Crippen molar-refractivity contribution in [1.82, 2.24) is 14.8 Å². The summed E-state index contributed by atoms with van der Waals surface area (Å²) in [4.78, 5) is 31.3. The molecule has 0 saturated carbocycles. The molecule has 6 heteroatoms. The van der Waals surface area contributed by atoms with E-state index in [2.05, 4.69) is 23.7 Å². The quantitative estimate of drug-likeness (QED) is 0.906. The van der Waals surface area contributed by atoms with Gasteiger partial charge in [-0.2, -0.15) is 0 Å². The summed E-state index contributed by atoms with van der Waals surface area (Å²) >= 11 is 0. The summed E-state index contributed by atoms with van der Waals surface area (Å²) in [6.45, 7) is 7.35. The van der Waals surface area contributed by atoms with Crippen molar-refractivity contribution >= 4 is 11.9 Å². The second-order valence-corrected chi connectivity index (χ2v) is 5.30. The summed E-state index contributed by atoms with van der Waals surface area (Å²) in [5.41, 5.74) is 0.103. The number of hydrogen-bond donors (Lipinski definition) is 1. The molecule has 1 saturated heterocycles. The number of amides is 1. The molecule has 1 amide bonds. The monoisotopic (exact) mass is 291 g/mol. The largest absolute Gasteiger partial charge is 0.477 e. The van der Waals surface area contributed by atoms with E-state index >= 15 is 0 Å². The van der Waals surface area contributed by atoms with E-state index in [4.69, 9.17) is 5.11 Å². The third kappa shape index (κ3) is 3.58. The number of piperazine rings is 1. The molecule has 2 heterocycles. The first kappa shape index (κ1) is 15.4. The molecular weight excluding hydrogens is 270 g/mol. The minimum atomic E-state index is -1.12. The third-order valence-corrected chi connectivity index (χ3v) is 4.00. The Hall–Kier alpha value is -1.95. The van der Waals surface area contributed by atoms with Crippen molar-refractivity contribution in [2.24, 2.45) is 0 Å². The number of carbonyl (C=O) groups excluding carboxylic acids is 1. The lowest BCUT2D eigenvalue weighted by molar-refractivity contribution is 0.0574. The van der Waals surface area contributed by atoms with E-state index in [1.807, 2.05) is 0 Å². The molecule has 1 N–H and O–H groups in total. The topological polar surface area (TPSA) is 73.7 Å². The van der Waals surface area contributed by atoms with Gasteiger partial charge in [-0.15, -0.1) is 0 Å². The third-order valence-electron chi connectivity index (χ3n) is 4.00. The van der Waals surface area contributed by atoms with Gasteiger partial charge in [0, 0.05) is 32.2 Å². The summed E-state index contributed by atoms with van der Waals surface area (Å²) in [5, 5.41) is 8.93. The van der Waals surface area contributed by atoms with Crippen molar-refractivity contribution < 1.29 is 14.7 Å². The van der Waals surface area contributed by atoms with Crippen LogP contribution in [0.4, 0.5) is 0 Å². The Balaban J connectivity index is 2.02. The number of hydrogen-bond acceptors (Lipinski definition) is 4. The fourth-order valence-corrected chi connectivity index (χ4v) is 2.46. The predicted molar refractivity (Wildman–Crippen MR) is 78.4 cm³/mol. The highest BCUT2D eigenvalue weighted by molar-refractivity contribution is 5.94. The highest BCUT2D eigenvalue weighted by atomic mass is 16.4. The van der Waals surface area contributed by atoms with Crippen LogP contribution in [0, 0.1) is 0 Å².